The molecule has 23 heavy (non-hydrogen) atoms. The van der Waals surface area contributed by atoms with Gasteiger partial charge in [-0.1, -0.05) is 0 Å². The summed E-state index contributed by atoms with van der Waals surface area (Å²) in [6.07, 6.45) is 2.40. The van der Waals surface area contributed by atoms with Gasteiger partial charge in [0.15, 0.2) is 6.10 Å². The van der Waals surface area contributed by atoms with Gasteiger partial charge in [-0.2, -0.15) is 5.26 Å². The number of H-pyrrole nitrogens is 1. The molecule has 0 fully saturated rings. The molecule has 0 saturated heterocycles. The third-order valence-electron chi connectivity index (χ3n) is 3.04. The summed E-state index contributed by atoms with van der Waals surface area (Å²) in [6, 6.07) is 10.6. The van der Waals surface area contributed by atoms with Crippen LogP contribution in [0.2, 0.25) is 0 Å². The minimum Gasteiger partial charge on any atom is -0.448 e. The number of nitrogens with one attached hydrogen (secondary N) is 2. The number of rotatable bonds is 5. The highest BCUT2D eigenvalue weighted by Crippen LogP contribution is 2.17. The van der Waals surface area contributed by atoms with Gasteiger partial charge in [0.25, 0.3) is 5.91 Å². The van der Waals surface area contributed by atoms with Crippen LogP contribution in [-0.2, 0) is 9.53 Å². The molecular weight excluding hydrogens is 314 g/mol. The smallest absolute Gasteiger partial charge is 0.355 e. The van der Waals surface area contributed by atoms with Crippen LogP contribution in [0.3, 0.4) is 0 Å². The molecule has 1 aromatic carbocycles. The van der Waals surface area contributed by atoms with Crippen molar-refractivity contribution in [3.8, 4) is 6.07 Å². The van der Waals surface area contributed by atoms with Crippen LogP contribution in [0.4, 0.5) is 5.69 Å². The second-order valence-corrected chi connectivity index (χ2v) is 5.56. The molecule has 1 aromatic heterocycles. The number of hydrogen-bond acceptors (Lipinski definition) is 5. The van der Waals surface area contributed by atoms with Crippen molar-refractivity contribution in [2.75, 3.05) is 11.6 Å². The van der Waals surface area contributed by atoms with Crippen LogP contribution >= 0.6 is 11.8 Å². The van der Waals surface area contributed by atoms with Gasteiger partial charge in [0.1, 0.15) is 11.8 Å². The summed E-state index contributed by atoms with van der Waals surface area (Å²) in [7, 11) is 0. The number of benzene rings is 1. The lowest BCUT2D eigenvalue weighted by molar-refractivity contribution is -0.123. The minimum absolute atomic E-state index is 0.130. The molecule has 0 spiro atoms. The third kappa shape index (κ3) is 4.37. The fourth-order valence-electron chi connectivity index (χ4n) is 1.77. The number of thioether (sulfide) groups is 1. The Hall–Kier alpha value is -2.72. The molecule has 0 saturated carbocycles. The van der Waals surface area contributed by atoms with E-state index in [1.807, 2.05) is 24.5 Å². The number of ether oxygens (including phenoxy) is 1. The molecule has 0 radical (unpaired) electrons. The largest absolute Gasteiger partial charge is 0.448 e. The fourth-order valence-corrected chi connectivity index (χ4v) is 2.18. The van der Waals surface area contributed by atoms with E-state index in [1.54, 1.807) is 23.9 Å². The second kappa shape index (κ2) is 7.51. The first-order valence-electron chi connectivity index (χ1n) is 6.78. The van der Waals surface area contributed by atoms with Crippen molar-refractivity contribution in [1.29, 1.82) is 5.26 Å². The number of amides is 1. The Morgan fingerprint density at radius 3 is 2.61 bits per heavy atom. The number of nitriles is 1. The molecule has 1 heterocycles. The number of hydrogen-bond donors (Lipinski definition) is 2. The first-order valence-corrected chi connectivity index (χ1v) is 8.00. The molecule has 1 unspecified atom stereocenters. The van der Waals surface area contributed by atoms with Crippen LogP contribution in [0.15, 0.2) is 41.4 Å². The Morgan fingerprint density at radius 2 is 2.04 bits per heavy atom. The normalized spacial score (nSPS) is 11.3. The summed E-state index contributed by atoms with van der Waals surface area (Å²) < 4.78 is 5.08. The Bertz CT molecular complexity index is 747. The highest BCUT2D eigenvalue weighted by molar-refractivity contribution is 7.98. The first kappa shape index (κ1) is 16.6. The maximum Gasteiger partial charge on any atom is 0.355 e. The maximum atomic E-state index is 12.0. The van der Waals surface area contributed by atoms with Gasteiger partial charge >= 0.3 is 5.97 Å². The summed E-state index contributed by atoms with van der Waals surface area (Å²) in [6.45, 7) is 1.48. The van der Waals surface area contributed by atoms with Crippen molar-refractivity contribution >= 4 is 29.3 Å². The van der Waals surface area contributed by atoms with Crippen molar-refractivity contribution in [3.05, 3.63) is 47.8 Å². The Kier molecular flexibility index (Phi) is 5.44. The predicted molar refractivity (Wildman–Crippen MR) is 87.2 cm³/mol. The molecule has 0 aliphatic rings. The summed E-state index contributed by atoms with van der Waals surface area (Å²) in [5.74, 6) is -1.12. The Labute approximate surface area is 137 Å². The molecular formula is C16H15N3O3S. The average Bonchev–Trinajstić information content (AvgIpc) is 3.04. The highest BCUT2D eigenvalue weighted by Gasteiger charge is 2.20. The van der Waals surface area contributed by atoms with Crippen LogP contribution in [0.25, 0.3) is 0 Å². The SMILES string of the molecule is CSc1ccc(NC(=O)C(C)OC(=O)c2cc(C#N)c[nH]2)cc1. The zero-order valence-electron chi connectivity index (χ0n) is 12.6. The van der Waals surface area contributed by atoms with E-state index in [1.165, 1.54) is 19.2 Å². The molecule has 1 atom stereocenters. The second-order valence-electron chi connectivity index (χ2n) is 4.68. The standard InChI is InChI=1S/C16H15N3O3S/c1-10(22-16(21)14-7-11(8-17)9-18-14)15(20)19-12-3-5-13(23-2)6-4-12/h3-7,9-10,18H,1-2H3,(H,19,20). The van der Waals surface area contributed by atoms with E-state index in [9.17, 15) is 9.59 Å². The van der Waals surface area contributed by atoms with Crippen LogP contribution in [0, 0.1) is 11.3 Å². The predicted octanol–water partition coefficient (Wildman–Crippen LogP) is 2.79. The lowest BCUT2D eigenvalue weighted by Crippen LogP contribution is -2.30. The van der Waals surface area contributed by atoms with Gasteiger partial charge in [-0.15, -0.1) is 11.8 Å². The zero-order valence-corrected chi connectivity index (χ0v) is 13.4. The highest BCUT2D eigenvalue weighted by atomic mass is 32.2. The molecule has 2 rings (SSSR count). The van der Waals surface area contributed by atoms with Gasteiger partial charge in [-0.3, -0.25) is 4.79 Å². The molecule has 118 valence electrons. The van der Waals surface area contributed by atoms with Crippen molar-refractivity contribution in [2.24, 2.45) is 0 Å². The number of carbonyl (C=O) groups is 2. The topological polar surface area (TPSA) is 95.0 Å². The maximum absolute atomic E-state index is 12.0. The van der Waals surface area contributed by atoms with E-state index >= 15 is 0 Å². The van der Waals surface area contributed by atoms with Crippen molar-refractivity contribution in [1.82, 2.24) is 4.98 Å². The molecule has 2 N–H and O–H groups in total. The number of aromatic nitrogens is 1. The quantitative estimate of drug-likeness (QED) is 0.649. The number of anilines is 1. The third-order valence-corrected chi connectivity index (χ3v) is 3.79. The molecule has 0 bridgehead atoms. The number of aromatic amines is 1. The van der Waals surface area contributed by atoms with Gasteiger partial charge in [-0.05, 0) is 43.5 Å². The van der Waals surface area contributed by atoms with E-state index < -0.39 is 18.0 Å². The average molecular weight is 329 g/mol. The monoisotopic (exact) mass is 329 g/mol. The van der Waals surface area contributed by atoms with Gasteiger partial charge in [0, 0.05) is 16.8 Å². The number of carbonyl (C=O) groups excluding carboxylic acids is 2. The molecule has 1 amide bonds. The molecule has 6 nitrogen and oxygen atoms in total. The molecule has 2 aromatic rings. The zero-order chi connectivity index (χ0) is 16.8. The van der Waals surface area contributed by atoms with E-state index in [0.29, 0.717) is 11.3 Å². The lowest BCUT2D eigenvalue weighted by Gasteiger charge is -2.13. The van der Waals surface area contributed by atoms with Gasteiger partial charge in [0.05, 0.1) is 5.56 Å². The summed E-state index contributed by atoms with van der Waals surface area (Å²) in [4.78, 5) is 27.6. The summed E-state index contributed by atoms with van der Waals surface area (Å²) >= 11 is 1.60. The Balaban J connectivity index is 1.93. The van der Waals surface area contributed by atoms with Crippen LogP contribution in [0.1, 0.15) is 23.0 Å². The molecule has 7 heteroatoms. The van der Waals surface area contributed by atoms with Gasteiger partial charge < -0.3 is 15.0 Å². The van der Waals surface area contributed by atoms with Crippen LogP contribution < -0.4 is 5.32 Å². The fraction of sp³-hybridized carbons (Fsp3) is 0.188. The van der Waals surface area contributed by atoms with Gasteiger partial charge in [-0.25, -0.2) is 4.79 Å². The molecule has 0 aliphatic heterocycles. The summed E-state index contributed by atoms with van der Waals surface area (Å²) in [5.41, 5.74) is 1.08. The first-order chi connectivity index (χ1) is 11.0. The van der Waals surface area contributed by atoms with Crippen molar-refractivity contribution in [3.63, 3.8) is 0 Å². The van der Waals surface area contributed by atoms with E-state index in [4.69, 9.17) is 10.00 Å². The number of esters is 1. The van der Waals surface area contributed by atoms with E-state index in [-0.39, 0.29) is 5.69 Å². The van der Waals surface area contributed by atoms with Crippen LogP contribution in [0.5, 0.6) is 0 Å². The summed E-state index contributed by atoms with van der Waals surface area (Å²) in [5, 5.41) is 11.4. The van der Waals surface area contributed by atoms with Crippen LogP contribution in [-0.4, -0.2) is 29.2 Å². The van der Waals surface area contributed by atoms with Gasteiger partial charge in [0.2, 0.25) is 0 Å². The van der Waals surface area contributed by atoms with Crippen molar-refractivity contribution < 1.29 is 14.3 Å². The van der Waals surface area contributed by atoms with E-state index in [0.717, 1.165) is 4.90 Å². The van der Waals surface area contributed by atoms with Crippen molar-refractivity contribution in [2.45, 2.75) is 17.9 Å². The van der Waals surface area contributed by atoms with E-state index in [2.05, 4.69) is 10.3 Å². The lowest BCUT2D eigenvalue weighted by atomic mass is 10.3. The Morgan fingerprint density at radius 1 is 1.35 bits per heavy atom. The molecule has 0 aliphatic carbocycles. The number of nitrogens with zero attached hydrogens (tertiary/aromatic N) is 1. The minimum atomic E-state index is -0.962.